The van der Waals surface area contributed by atoms with Gasteiger partial charge in [-0.3, -0.25) is 4.79 Å². The Bertz CT molecular complexity index is 632. The van der Waals surface area contributed by atoms with E-state index in [-0.39, 0.29) is 6.54 Å². The fourth-order valence-electron chi connectivity index (χ4n) is 1.55. The minimum absolute atomic E-state index is 0.00995. The van der Waals surface area contributed by atoms with Crippen molar-refractivity contribution < 1.29 is 13.2 Å². The third-order valence-corrected chi connectivity index (χ3v) is 2.51. The molecule has 0 aliphatic rings. The predicted molar refractivity (Wildman–Crippen MR) is 63.5 cm³/mol. The fourth-order valence-corrected chi connectivity index (χ4v) is 1.55. The second kappa shape index (κ2) is 4.75. The van der Waals surface area contributed by atoms with Crippen molar-refractivity contribution in [2.75, 3.05) is 5.73 Å². The first-order valence-corrected chi connectivity index (χ1v) is 5.34. The van der Waals surface area contributed by atoms with Crippen molar-refractivity contribution >= 4 is 5.82 Å². The van der Waals surface area contributed by atoms with Gasteiger partial charge in [0.15, 0.2) is 0 Å². The number of alkyl halides is 3. The summed E-state index contributed by atoms with van der Waals surface area (Å²) in [5.74, 6) is 0.306. The third-order valence-electron chi connectivity index (χ3n) is 2.51. The second-order valence-corrected chi connectivity index (χ2v) is 3.97. The number of halogens is 3. The van der Waals surface area contributed by atoms with Crippen molar-refractivity contribution in [1.82, 2.24) is 9.55 Å². The molecule has 7 heteroatoms. The van der Waals surface area contributed by atoms with Crippen LogP contribution in [-0.4, -0.2) is 9.55 Å². The lowest BCUT2D eigenvalue weighted by Crippen LogP contribution is -2.22. The molecule has 2 aromatic rings. The topological polar surface area (TPSA) is 60.9 Å². The van der Waals surface area contributed by atoms with Gasteiger partial charge in [0.25, 0.3) is 5.56 Å². The Morgan fingerprint density at radius 3 is 2.53 bits per heavy atom. The Morgan fingerprint density at radius 2 is 1.95 bits per heavy atom. The summed E-state index contributed by atoms with van der Waals surface area (Å²) < 4.78 is 38.6. The van der Waals surface area contributed by atoms with Crippen molar-refractivity contribution in [3.05, 3.63) is 58.1 Å². The van der Waals surface area contributed by atoms with Gasteiger partial charge in [-0.1, -0.05) is 6.07 Å². The predicted octanol–water partition coefficient (Wildman–Crippen LogP) is 1.89. The highest BCUT2D eigenvalue weighted by Gasteiger charge is 2.30. The van der Waals surface area contributed by atoms with Crippen LogP contribution in [0.15, 0.2) is 41.5 Å². The minimum Gasteiger partial charge on any atom is -0.384 e. The first-order chi connectivity index (χ1) is 8.86. The summed E-state index contributed by atoms with van der Waals surface area (Å²) in [4.78, 5) is 15.3. The molecular weight excluding hydrogens is 259 g/mol. The highest BCUT2D eigenvalue weighted by molar-refractivity contribution is 5.29. The van der Waals surface area contributed by atoms with Crippen LogP contribution in [0.25, 0.3) is 0 Å². The largest absolute Gasteiger partial charge is 0.417 e. The maximum absolute atomic E-state index is 12.5. The third kappa shape index (κ3) is 3.12. The molecule has 2 heterocycles. The highest BCUT2D eigenvalue weighted by Crippen LogP contribution is 2.28. The van der Waals surface area contributed by atoms with Gasteiger partial charge >= 0.3 is 6.18 Å². The first-order valence-electron chi connectivity index (χ1n) is 5.34. The zero-order chi connectivity index (χ0) is 14.0. The van der Waals surface area contributed by atoms with Crippen LogP contribution in [0.3, 0.4) is 0 Å². The molecule has 4 nitrogen and oxygen atoms in total. The van der Waals surface area contributed by atoms with Gasteiger partial charge in [0.2, 0.25) is 0 Å². The normalized spacial score (nSPS) is 11.5. The average Bonchev–Trinajstić information content (AvgIpc) is 2.33. The monoisotopic (exact) mass is 269 g/mol. The van der Waals surface area contributed by atoms with E-state index < -0.39 is 17.3 Å². The minimum atomic E-state index is -4.48. The van der Waals surface area contributed by atoms with E-state index in [9.17, 15) is 18.0 Å². The van der Waals surface area contributed by atoms with E-state index in [4.69, 9.17) is 5.73 Å². The van der Waals surface area contributed by atoms with Crippen LogP contribution in [0.4, 0.5) is 19.0 Å². The number of nitrogens with two attached hydrogens (primary N) is 1. The van der Waals surface area contributed by atoms with Crippen LogP contribution in [0, 0.1) is 0 Å². The highest BCUT2D eigenvalue weighted by atomic mass is 19.4. The summed E-state index contributed by atoms with van der Waals surface area (Å²) in [6, 6.07) is 4.79. The van der Waals surface area contributed by atoms with E-state index in [2.05, 4.69) is 4.98 Å². The van der Waals surface area contributed by atoms with Crippen molar-refractivity contribution in [3.63, 3.8) is 0 Å². The molecule has 100 valence electrons. The number of aromatic nitrogens is 2. The molecule has 0 saturated heterocycles. The molecule has 0 radical (unpaired) electrons. The summed E-state index contributed by atoms with van der Waals surface area (Å²) in [6.07, 6.45) is -2.27. The summed E-state index contributed by atoms with van der Waals surface area (Å²) in [5.41, 5.74) is 4.62. The zero-order valence-corrected chi connectivity index (χ0v) is 9.69. The van der Waals surface area contributed by atoms with Gasteiger partial charge < -0.3 is 10.3 Å². The van der Waals surface area contributed by atoms with E-state index in [0.29, 0.717) is 11.4 Å². The lowest BCUT2D eigenvalue weighted by Gasteiger charge is -2.10. The number of pyridine rings is 2. The van der Waals surface area contributed by atoms with E-state index in [1.165, 1.54) is 12.3 Å². The molecule has 0 spiro atoms. The summed E-state index contributed by atoms with van der Waals surface area (Å²) in [5, 5.41) is 0. The Morgan fingerprint density at radius 1 is 1.21 bits per heavy atom. The van der Waals surface area contributed by atoms with Gasteiger partial charge in [0.05, 0.1) is 12.1 Å². The molecule has 0 bridgehead atoms. The van der Waals surface area contributed by atoms with Crippen molar-refractivity contribution in [3.8, 4) is 0 Å². The van der Waals surface area contributed by atoms with Crippen molar-refractivity contribution in [2.24, 2.45) is 0 Å². The molecule has 0 fully saturated rings. The van der Waals surface area contributed by atoms with Gasteiger partial charge in [-0.15, -0.1) is 0 Å². The van der Waals surface area contributed by atoms with Crippen LogP contribution in [0.5, 0.6) is 0 Å². The molecule has 0 unspecified atom stereocenters. The zero-order valence-electron chi connectivity index (χ0n) is 9.69. The second-order valence-electron chi connectivity index (χ2n) is 3.97. The lowest BCUT2D eigenvalue weighted by atomic mass is 10.2. The smallest absolute Gasteiger partial charge is 0.384 e. The van der Waals surface area contributed by atoms with Crippen LogP contribution >= 0.6 is 0 Å². The maximum Gasteiger partial charge on any atom is 0.417 e. The Balaban J connectivity index is 2.34. The van der Waals surface area contributed by atoms with Gasteiger partial charge in [0, 0.05) is 18.5 Å². The maximum atomic E-state index is 12.5. The van der Waals surface area contributed by atoms with Gasteiger partial charge in [-0.05, 0) is 17.7 Å². The molecule has 0 saturated carbocycles. The number of hydrogen-bond donors (Lipinski definition) is 1. The molecule has 0 aliphatic carbocycles. The van der Waals surface area contributed by atoms with Crippen molar-refractivity contribution in [2.45, 2.75) is 12.7 Å². The van der Waals surface area contributed by atoms with Gasteiger partial charge in [-0.2, -0.15) is 13.2 Å². The van der Waals surface area contributed by atoms with E-state index in [1.807, 2.05) is 0 Å². The standard InChI is InChI=1S/C12H10F3N3O/c13-12(14,15)9-2-4-11(19)18(7-9)6-8-1-3-10(16)17-5-8/h1-5,7H,6H2,(H2,16,17). The van der Waals surface area contributed by atoms with Crippen LogP contribution < -0.4 is 11.3 Å². The van der Waals surface area contributed by atoms with Gasteiger partial charge in [-0.25, -0.2) is 4.98 Å². The quantitative estimate of drug-likeness (QED) is 0.905. The number of nitrogen functional groups attached to an aromatic ring is 1. The summed E-state index contributed by atoms with van der Waals surface area (Å²) in [6.45, 7) is 0.00995. The van der Waals surface area contributed by atoms with Gasteiger partial charge in [0.1, 0.15) is 5.82 Å². The molecule has 19 heavy (non-hydrogen) atoms. The molecule has 0 aromatic carbocycles. The number of rotatable bonds is 2. The lowest BCUT2D eigenvalue weighted by molar-refractivity contribution is -0.138. The molecule has 0 aliphatic heterocycles. The Hall–Kier alpha value is -2.31. The molecule has 0 amide bonds. The van der Waals surface area contributed by atoms with E-state index in [0.717, 1.165) is 22.9 Å². The first kappa shape index (κ1) is 13.1. The van der Waals surface area contributed by atoms with E-state index in [1.54, 1.807) is 6.07 Å². The molecule has 2 aromatic heterocycles. The molecular formula is C12H10F3N3O. The molecule has 2 N–H and O–H groups in total. The number of anilines is 1. The van der Waals surface area contributed by atoms with Crippen LogP contribution in [0.2, 0.25) is 0 Å². The number of nitrogens with zero attached hydrogens (tertiary/aromatic N) is 2. The van der Waals surface area contributed by atoms with Crippen LogP contribution in [0.1, 0.15) is 11.1 Å². The summed E-state index contributed by atoms with van der Waals surface area (Å²) >= 11 is 0. The molecule has 0 atom stereocenters. The Labute approximate surface area is 106 Å². The van der Waals surface area contributed by atoms with Crippen molar-refractivity contribution in [1.29, 1.82) is 0 Å². The SMILES string of the molecule is Nc1ccc(Cn2cc(C(F)(F)F)ccc2=O)cn1. The number of hydrogen-bond acceptors (Lipinski definition) is 3. The average molecular weight is 269 g/mol. The van der Waals surface area contributed by atoms with E-state index >= 15 is 0 Å². The Kier molecular flexibility index (Phi) is 3.28. The summed E-state index contributed by atoms with van der Waals surface area (Å²) in [7, 11) is 0. The molecule has 2 rings (SSSR count). The fraction of sp³-hybridized carbons (Fsp3) is 0.167. The van der Waals surface area contributed by atoms with Crippen LogP contribution in [-0.2, 0) is 12.7 Å².